The maximum Gasteiger partial charge on any atom is 0.301 e. The molecule has 0 atom stereocenters. The lowest BCUT2D eigenvalue weighted by atomic mass is 10.0. The first-order chi connectivity index (χ1) is 12.9. The van der Waals surface area contributed by atoms with E-state index < -0.39 is 18.2 Å². The lowest BCUT2D eigenvalue weighted by Crippen LogP contribution is -2.17. The highest BCUT2D eigenvalue weighted by molar-refractivity contribution is 5.73. The third-order valence-electron chi connectivity index (χ3n) is 4.69. The number of hydrogen-bond donors (Lipinski definition) is 1. The summed E-state index contributed by atoms with van der Waals surface area (Å²) in [6.07, 6.45) is 3.33. The van der Waals surface area contributed by atoms with E-state index in [1.165, 1.54) is 24.4 Å². The number of alkyl halides is 3. The fourth-order valence-electron chi connectivity index (χ4n) is 3.15. The van der Waals surface area contributed by atoms with Crippen LogP contribution in [0.25, 0.3) is 11.0 Å². The molecule has 0 saturated heterocycles. The maximum absolute atomic E-state index is 13.6. The van der Waals surface area contributed by atoms with E-state index in [1.54, 1.807) is 10.7 Å². The lowest BCUT2D eigenvalue weighted by molar-refractivity contribution is -0.0281. The molecule has 0 unspecified atom stereocenters. The molecule has 27 heavy (non-hydrogen) atoms. The van der Waals surface area contributed by atoms with Gasteiger partial charge in [-0.3, -0.25) is 4.79 Å². The Morgan fingerprint density at radius 1 is 1.26 bits per heavy atom. The van der Waals surface area contributed by atoms with Crippen molar-refractivity contribution in [1.82, 2.24) is 19.7 Å². The summed E-state index contributed by atoms with van der Waals surface area (Å²) in [7, 11) is 0. The smallest absolute Gasteiger partial charge is 0.301 e. The van der Waals surface area contributed by atoms with Gasteiger partial charge >= 0.3 is 5.92 Å². The van der Waals surface area contributed by atoms with Crippen molar-refractivity contribution < 1.29 is 13.2 Å². The Morgan fingerprint density at radius 2 is 2.00 bits per heavy atom. The highest BCUT2D eigenvalue weighted by Crippen LogP contribution is 2.29. The van der Waals surface area contributed by atoms with Gasteiger partial charge in [0.1, 0.15) is 11.2 Å². The van der Waals surface area contributed by atoms with Crippen LogP contribution in [0.4, 0.5) is 13.2 Å². The predicted octanol–water partition coefficient (Wildman–Crippen LogP) is 4.13. The molecule has 0 spiro atoms. The molecule has 3 rings (SSSR count). The molecule has 0 bridgehead atoms. The second-order valence-electron chi connectivity index (χ2n) is 6.52. The molecule has 0 radical (unpaired) electrons. The van der Waals surface area contributed by atoms with E-state index in [-0.39, 0.29) is 18.0 Å². The fourth-order valence-corrected chi connectivity index (χ4v) is 3.15. The molecule has 0 fully saturated rings. The molecule has 2 aromatic heterocycles. The van der Waals surface area contributed by atoms with Crippen molar-refractivity contribution in [1.29, 1.82) is 0 Å². The molecule has 0 aliphatic heterocycles. The summed E-state index contributed by atoms with van der Waals surface area (Å²) in [5.41, 5.74) is 0.273. The van der Waals surface area contributed by atoms with Gasteiger partial charge in [-0.2, -0.15) is 13.9 Å². The van der Waals surface area contributed by atoms with Gasteiger partial charge < -0.3 is 4.98 Å². The number of hydrogen-bond acceptors (Lipinski definition) is 3. The minimum Gasteiger partial charge on any atom is -0.310 e. The summed E-state index contributed by atoms with van der Waals surface area (Å²) >= 11 is 0. The van der Waals surface area contributed by atoms with Crippen LogP contribution in [0.5, 0.6) is 0 Å². The Kier molecular flexibility index (Phi) is 5.34. The first kappa shape index (κ1) is 19.1. The van der Waals surface area contributed by atoms with Crippen molar-refractivity contribution in [2.45, 2.75) is 45.1 Å². The number of aromatic amines is 1. The first-order valence-electron chi connectivity index (χ1n) is 8.89. The van der Waals surface area contributed by atoms with Crippen molar-refractivity contribution in [3.05, 3.63) is 57.8 Å². The van der Waals surface area contributed by atoms with Crippen LogP contribution in [0.3, 0.4) is 0 Å². The van der Waals surface area contributed by atoms with Gasteiger partial charge in [0.25, 0.3) is 5.56 Å². The first-order valence-corrected chi connectivity index (χ1v) is 8.89. The van der Waals surface area contributed by atoms with Crippen molar-refractivity contribution in [3.63, 3.8) is 0 Å². The van der Waals surface area contributed by atoms with Gasteiger partial charge in [-0.05, 0) is 24.5 Å². The molecular formula is C19H21F3N4O. The van der Waals surface area contributed by atoms with Gasteiger partial charge in [0.2, 0.25) is 0 Å². The number of benzene rings is 1. The van der Waals surface area contributed by atoms with Crippen molar-refractivity contribution in [3.8, 4) is 0 Å². The zero-order valence-corrected chi connectivity index (χ0v) is 15.2. The second-order valence-corrected chi connectivity index (χ2v) is 6.52. The van der Waals surface area contributed by atoms with E-state index in [2.05, 4.69) is 15.1 Å². The molecule has 2 heterocycles. The summed E-state index contributed by atoms with van der Waals surface area (Å²) in [5, 5.41) is 4.69. The minimum atomic E-state index is -3.53. The number of fused-ring (bicyclic) bond motifs is 1. The molecule has 1 aromatic carbocycles. The third-order valence-corrected chi connectivity index (χ3v) is 4.69. The molecular weight excluding hydrogens is 357 g/mol. The second kappa shape index (κ2) is 7.54. The molecule has 0 amide bonds. The standard InChI is InChI=1S/C19H21F3N4O/c1-3-14(4-2)26-17-15(10-23-26)18(27)25-16(24-17)9-12-6-5-7-13(8-12)19(21,22)11-20/h5-8,10,14H,3-4,9,11H2,1-2H3,(H,24,25,27). The monoisotopic (exact) mass is 378 g/mol. The predicted molar refractivity (Wildman–Crippen MR) is 96.9 cm³/mol. The van der Waals surface area contributed by atoms with Gasteiger partial charge in [0.15, 0.2) is 12.3 Å². The Hall–Kier alpha value is -2.64. The summed E-state index contributed by atoms with van der Waals surface area (Å²) in [6.45, 7) is 2.31. The highest BCUT2D eigenvalue weighted by Gasteiger charge is 2.31. The van der Waals surface area contributed by atoms with E-state index in [1.807, 2.05) is 13.8 Å². The molecule has 144 valence electrons. The van der Waals surface area contributed by atoms with Crippen LogP contribution in [0.1, 0.15) is 49.7 Å². The molecule has 1 N–H and O–H groups in total. The number of halogens is 3. The average molecular weight is 378 g/mol. The Balaban J connectivity index is 2.00. The zero-order chi connectivity index (χ0) is 19.6. The van der Waals surface area contributed by atoms with Crippen LogP contribution in [0.15, 0.2) is 35.3 Å². The van der Waals surface area contributed by atoms with Gasteiger partial charge in [0.05, 0.1) is 12.2 Å². The Bertz CT molecular complexity index is 992. The molecule has 5 nitrogen and oxygen atoms in total. The normalized spacial score (nSPS) is 12.2. The van der Waals surface area contributed by atoms with Crippen molar-refractivity contribution in [2.75, 3.05) is 6.67 Å². The number of aromatic nitrogens is 4. The largest absolute Gasteiger partial charge is 0.310 e. The van der Waals surface area contributed by atoms with Gasteiger partial charge in [-0.1, -0.05) is 32.0 Å². The summed E-state index contributed by atoms with van der Waals surface area (Å²) in [4.78, 5) is 19.5. The Labute approximate surface area is 154 Å². The highest BCUT2D eigenvalue weighted by atomic mass is 19.3. The van der Waals surface area contributed by atoms with Gasteiger partial charge in [-0.25, -0.2) is 14.1 Å². The van der Waals surface area contributed by atoms with E-state index >= 15 is 0 Å². The summed E-state index contributed by atoms with van der Waals surface area (Å²) in [5.74, 6) is -3.18. The molecule has 0 aliphatic carbocycles. The van der Waals surface area contributed by atoms with E-state index in [0.717, 1.165) is 12.8 Å². The SMILES string of the molecule is CCC(CC)n1ncc2c(=O)[nH]c(Cc3cccc(C(F)(F)CF)c3)nc21. The lowest BCUT2D eigenvalue weighted by Gasteiger charge is -2.14. The summed E-state index contributed by atoms with van der Waals surface area (Å²) in [6, 6.07) is 5.63. The number of rotatable bonds is 7. The quantitative estimate of drug-likeness (QED) is 0.672. The van der Waals surface area contributed by atoms with Crippen LogP contribution in [0.2, 0.25) is 0 Å². The van der Waals surface area contributed by atoms with E-state index in [0.29, 0.717) is 22.4 Å². The van der Waals surface area contributed by atoms with Crippen LogP contribution in [-0.4, -0.2) is 26.4 Å². The van der Waals surface area contributed by atoms with E-state index in [9.17, 15) is 18.0 Å². The average Bonchev–Trinajstić information content (AvgIpc) is 3.07. The van der Waals surface area contributed by atoms with E-state index in [4.69, 9.17) is 0 Å². The van der Waals surface area contributed by atoms with Crippen molar-refractivity contribution in [2.24, 2.45) is 0 Å². The number of nitrogens with zero attached hydrogens (tertiary/aromatic N) is 3. The molecule has 0 saturated carbocycles. The fraction of sp³-hybridized carbons (Fsp3) is 0.421. The van der Waals surface area contributed by atoms with Gasteiger partial charge in [0, 0.05) is 12.0 Å². The summed E-state index contributed by atoms with van der Waals surface area (Å²) < 4.78 is 41.5. The number of nitrogens with one attached hydrogen (secondary N) is 1. The topological polar surface area (TPSA) is 63.6 Å². The van der Waals surface area contributed by atoms with Crippen LogP contribution < -0.4 is 5.56 Å². The minimum absolute atomic E-state index is 0.122. The molecule has 0 aliphatic rings. The Morgan fingerprint density at radius 3 is 2.67 bits per heavy atom. The van der Waals surface area contributed by atoms with Crippen molar-refractivity contribution >= 4 is 11.0 Å². The van der Waals surface area contributed by atoms with Gasteiger partial charge in [-0.15, -0.1) is 0 Å². The van der Waals surface area contributed by atoms with Crippen LogP contribution in [-0.2, 0) is 12.3 Å². The van der Waals surface area contributed by atoms with Crippen LogP contribution >= 0.6 is 0 Å². The maximum atomic E-state index is 13.6. The molecule has 3 aromatic rings. The zero-order valence-electron chi connectivity index (χ0n) is 15.2. The number of H-pyrrole nitrogens is 1. The van der Waals surface area contributed by atoms with Crippen LogP contribution in [0, 0.1) is 0 Å². The molecule has 8 heteroatoms. The third kappa shape index (κ3) is 3.74.